The molecule has 1 N–H and O–H groups in total. The largest absolute Gasteiger partial charge is 0.467 e. The Morgan fingerprint density at radius 1 is 1.48 bits per heavy atom. The van der Waals surface area contributed by atoms with E-state index < -0.39 is 6.10 Å². The number of nitrogens with zero attached hydrogens (tertiary/aromatic N) is 1. The van der Waals surface area contributed by atoms with Crippen LogP contribution < -0.4 is 0 Å². The van der Waals surface area contributed by atoms with Crippen molar-refractivity contribution in [2.75, 3.05) is 19.7 Å². The van der Waals surface area contributed by atoms with Gasteiger partial charge in [-0.05, 0) is 53.9 Å². The van der Waals surface area contributed by atoms with Crippen molar-refractivity contribution in [1.29, 1.82) is 0 Å². The van der Waals surface area contributed by atoms with Crippen molar-refractivity contribution < 1.29 is 14.3 Å². The van der Waals surface area contributed by atoms with Gasteiger partial charge >= 0.3 is 0 Å². The standard InChI is InChI=1S/C16H21NO3S/c18-14(10-19-11-15-3-2-7-20-15)9-17-6-1-4-16(17)13-5-8-21-12-13/h2-3,5,7-8,12,14,16,18H,1,4,6,9-11H2/t14-,16+/m1/s1. The third kappa shape index (κ3) is 3.95. The fraction of sp³-hybridized carbons (Fsp3) is 0.500. The van der Waals surface area contributed by atoms with Gasteiger partial charge in [0.1, 0.15) is 12.4 Å². The van der Waals surface area contributed by atoms with Crippen LogP contribution in [0.4, 0.5) is 0 Å². The van der Waals surface area contributed by atoms with Gasteiger partial charge in [-0.1, -0.05) is 0 Å². The van der Waals surface area contributed by atoms with Crippen LogP contribution in [0.5, 0.6) is 0 Å². The summed E-state index contributed by atoms with van der Waals surface area (Å²) in [6.07, 6.45) is 3.54. The van der Waals surface area contributed by atoms with Crippen LogP contribution in [0.15, 0.2) is 39.6 Å². The molecular weight excluding hydrogens is 286 g/mol. The van der Waals surface area contributed by atoms with E-state index in [0.29, 0.717) is 25.8 Å². The highest BCUT2D eigenvalue weighted by molar-refractivity contribution is 7.07. The van der Waals surface area contributed by atoms with Gasteiger partial charge in [0, 0.05) is 12.6 Å². The van der Waals surface area contributed by atoms with Gasteiger partial charge in [-0.15, -0.1) is 0 Å². The lowest BCUT2D eigenvalue weighted by Crippen LogP contribution is -2.34. The maximum Gasteiger partial charge on any atom is 0.129 e. The first-order chi connectivity index (χ1) is 10.3. The molecule has 0 saturated carbocycles. The molecule has 2 atom stereocenters. The van der Waals surface area contributed by atoms with Crippen molar-refractivity contribution in [2.45, 2.75) is 31.6 Å². The number of rotatable bonds is 7. The first-order valence-corrected chi connectivity index (χ1v) is 8.31. The number of furan rings is 1. The van der Waals surface area contributed by atoms with Gasteiger partial charge in [0.25, 0.3) is 0 Å². The lowest BCUT2D eigenvalue weighted by atomic mass is 10.1. The molecule has 21 heavy (non-hydrogen) atoms. The zero-order chi connectivity index (χ0) is 14.5. The van der Waals surface area contributed by atoms with E-state index in [1.165, 1.54) is 18.4 Å². The van der Waals surface area contributed by atoms with E-state index in [1.54, 1.807) is 17.6 Å². The maximum absolute atomic E-state index is 10.2. The normalized spacial score (nSPS) is 20.9. The molecule has 0 aromatic carbocycles. The van der Waals surface area contributed by atoms with E-state index in [0.717, 1.165) is 12.3 Å². The summed E-state index contributed by atoms with van der Waals surface area (Å²) in [5.41, 5.74) is 1.38. The minimum absolute atomic E-state index is 0.341. The second-order valence-corrected chi connectivity index (χ2v) is 6.24. The lowest BCUT2D eigenvalue weighted by Gasteiger charge is -2.26. The Hall–Kier alpha value is -1.14. The van der Waals surface area contributed by atoms with Crippen LogP contribution in [0.3, 0.4) is 0 Å². The van der Waals surface area contributed by atoms with Crippen LogP contribution in [0.1, 0.15) is 30.2 Å². The Kier molecular flexibility index (Phi) is 5.08. The summed E-state index contributed by atoms with van der Waals surface area (Å²) >= 11 is 1.74. The monoisotopic (exact) mass is 307 g/mol. The molecular formula is C16H21NO3S. The summed E-state index contributed by atoms with van der Waals surface area (Å²) in [6, 6.07) is 6.36. The molecule has 0 bridgehead atoms. The number of hydrogen-bond donors (Lipinski definition) is 1. The van der Waals surface area contributed by atoms with Gasteiger partial charge < -0.3 is 14.3 Å². The second-order valence-electron chi connectivity index (χ2n) is 5.46. The molecule has 1 saturated heterocycles. The Balaban J connectivity index is 1.44. The average molecular weight is 307 g/mol. The Morgan fingerprint density at radius 3 is 3.19 bits per heavy atom. The molecule has 0 amide bonds. The minimum atomic E-state index is -0.459. The van der Waals surface area contributed by atoms with Gasteiger partial charge in [0.2, 0.25) is 0 Å². The van der Waals surface area contributed by atoms with Crippen LogP contribution in [-0.4, -0.2) is 35.8 Å². The van der Waals surface area contributed by atoms with Gasteiger partial charge in [-0.3, -0.25) is 4.90 Å². The number of ether oxygens (including phenoxy) is 1. The molecule has 1 aliphatic heterocycles. The smallest absolute Gasteiger partial charge is 0.129 e. The van der Waals surface area contributed by atoms with Gasteiger partial charge in [-0.2, -0.15) is 11.3 Å². The van der Waals surface area contributed by atoms with Crippen LogP contribution in [0, 0.1) is 0 Å². The Labute approximate surface area is 129 Å². The summed E-state index contributed by atoms with van der Waals surface area (Å²) in [7, 11) is 0. The molecule has 1 aliphatic rings. The van der Waals surface area contributed by atoms with Crippen molar-refractivity contribution >= 4 is 11.3 Å². The van der Waals surface area contributed by atoms with Gasteiger partial charge in [0.05, 0.1) is 19.0 Å². The molecule has 2 aromatic heterocycles. The minimum Gasteiger partial charge on any atom is -0.467 e. The van der Waals surface area contributed by atoms with Crippen LogP contribution in [0.2, 0.25) is 0 Å². The van der Waals surface area contributed by atoms with Crippen molar-refractivity contribution in [2.24, 2.45) is 0 Å². The van der Waals surface area contributed by atoms with E-state index >= 15 is 0 Å². The third-order valence-corrected chi connectivity index (χ3v) is 4.57. The van der Waals surface area contributed by atoms with Crippen molar-refractivity contribution in [3.05, 3.63) is 46.5 Å². The average Bonchev–Trinajstić information content (AvgIpc) is 3.20. The molecule has 0 unspecified atom stereocenters. The quantitative estimate of drug-likeness (QED) is 0.854. The molecule has 3 heterocycles. The van der Waals surface area contributed by atoms with Gasteiger partial charge in [0.15, 0.2) is 0 Å². The molecule has 5 heteroatoms. The first kappa shape index (κ1) is 14.8. The number of thiophene rings is 1. The van der Waals surface area contributed by atoms with E-state index in [2.05, 4.69) is 21.7 Å². The fourth-order valence-corrected chi connectivity index (χ4v) is 3.61. The molecule has 1 fully saturated rings. The number of aliphatic hydroxyl groups excluding tert-OH is 1. The van der Waals surface area contributed by atoms with Crippen molar-refractivity contribution in [3.63, 3.8) is 0 Å². The summed E-state index contributed by atoms with van der Waals surface area (Å²) in [5.74, 6) is 0.791. The van der Waals surface area contributed by atoms with Crippen molar-refractivity contribution in [1.82, 2.24) is 4.90 Å². The predicted octanol–water partition coefficient (Wildman–Crippen LogP) is 3.06. The van der Waals surface area contributed by atoms with E-state index in [9.17, 15) is 5.11 Å². The second kappa shape index (κ2) is 7.22. The summed E-state index contributed by atoms with van der Waals surface area (Å²) in [5, 5.41) is 14.5. The third-order valence-electron chi connectivity index (χ3n) is 3.87. The zero-order valence-electron chi connectivity index (χ0n) is 12.0. The Morgan fingerprint density at radius 2 is 2.43 bits per heavy atom. The zero-order valence-corrected chi connectivity index (χ0v) is 12.8. The van der Waals surface area contributed by atoms with Crippen LogP contribution in [0.25, 0.3) is 0 Å². The number of likely N-dealkylation sites (tertiary alicyclic amines) is 1. The molecule has 4 nitrogen and oxygen atoms in total. The first-order valence-electron chi connectivity index (χ1n) is 7.37. The molecule has 0 radical (unpaired) electrons. The predicted molar refractivity (Wildman–Crippen MR) is 82.2 cm³/mol. The van der Waals surface area contributed by atoms with Crippen LogP contribution >= 0.6 is 11.3 Å². The molecule has 0 aliphatic carbocycles. The molecule has 2 aromatic rings. The summed E-state index contributed by atoms with van der Waals surface area (Å²) < 4.78 is 10.7. The van der Waals surface area contributed by atoms with E-state index in [4.69, 9.17) is 9.15 Å². The maximum atomic E-state index is 10.2. The SMILES string of the molecule is O[C@@H](COCc1ccco1)CN1CCC[C@H]1c1ccsc1. The molecule has 3 rings (SSSR count). The Bertz CT molecular complexity index is 512. The highest BCUT2D eigenvalue weighted by Crippen LogP contribution is 2.32. The van der Waals surface area contributed by atoms with Crippen LogP contribution in [-0.2, 0) is 11.3 Å². The number of hydrogen-bond acceptors (Lipinski definition) is 5. The fourth-order valence-electron chi connectivity index (χ4n) is 2.90. The summed E-state index contributed by atoms with van der Waals surface area (Å²) in [4.78, 5) is 2.36. The topological polar surface area (TPSA) is 45.8 Å². The summed E-state index contributed by atoms with van der Waals surface area (Å²) in [6.45, 7) is 2.47. The van der Waals surface area contributed by atoms with E-state index in [1.807, 2.05) is 12.1 Å². The van der Waals surface area contributed by atoms with Gasteiger partial charge in [-0.25, -0.2) is 0 Å². The number of aliphatic hydroxyl groups is 1. The molecule has 0 spiro atoms. The highest BCUT2D eigenvalue weighted by atomic mass is 32.1. The lowest BCUT2D eigenvalue weighted by molar-refractivity contribution is 0.00311. The van der Waals surface area contributed by atoms with Crippen molar-refractivity contribution in [3.8, 4) is 0 Å². The highest BCUT2D eigenvalue weighted by Gasteiger charge is 2.27. The number of β-amino-alcohol motifs (C(OH)–C–C–N with tert-alkyl or cyclic N) is 1. The van der Waals surface area contributed by atoms with E-state index in [-0.39, 0.29) is 0 Å². The molecule has 114 valence electrons.